The lowest BCUT2D eigenvalue weighted by Gasteiger charge is -2.23. The summed E-state index contributed by atoms with van der Waals surface area (Å²) >= 11 is 0. The molecule has 1 unspecified atom stereocenters. The lowest BCUT2D eigenvalue weighted by molar-refractivity contribution is -0.118. The zero-order chi connectivity index (χ0) is 17.2. The molecule has 2 amide bonds. The molecule has 25 heavy (non-hydrogen) atoms. The van der Waals surface area contributed by atoms with Crippen LogP contribution in [0.15, 0.2) is 18.2 Å². The minimum atomic E-state index is 0. The van der Waals surface area contributed by atoms with Crippen molar-refractivity contribution in [1.82, 2.24) is 5.32 Å². The van der Waals surface area contributed by atoms with E-state index in [4.69, 9.17) is 0 Å². The molecule has 138 valence electrons. The Morgan fingerprint density at radius 2 is 1.84 bits per heavy atom. The van der Waals surface area contributed by atoms with Gasteiger partial charge in [-0.15, -0.1) is 12.4 Å². The molecule has 1 aromatic rings. The number of nitrogens with one attached hydrogen (secondary N) is 3. The number of amides is 2. The molecule has 1 saturated carbocycles. The van der Waals surface area contributed by atoms with Crippen molar-refractivity contribution in [1.29, 1.82) is 0 Å². The Bertz CT molecular complexity index is 642. The van der Waals surface area contributed by atoms with Crippen LogP contribution in [0, 0.1) is 18.3 Å². The fourth-order valence-electron chi connectivity index (χ4n) is 3.76. The van der Waals surface area contributed by atoms with Crippen LogP contribution in [0.25, 0.3) is 0 Å². The van der Waals surface area contributed by atoms with Crippen LogP contribution in [0.3, 0.4) is 0 Å². The SMILES string of the molecule is CCCC(=O)Nc1cccc(NC(=O)C2CC23CCNCC3)c1C.Cl. The fraction of sp³-hybridized carbons (Fsp3) is 0.579. The number of piperidine rings is 1. The minimum Gasteiger partial charge on any atom is -0.326 e. The smallest absolute Gasteiger partial charge is 0.228 e. The molecule has 1 aliphatic heterocycles. The van der Waals surface area contributed by atoms with E-state index in [1.54, 1.807) is 0 Å². The Morgan fingerprint density at radius 3 is 2.48 bits per heavy atom. The molecule has 1 aromatic carbocycles. The molecule has 1 atom stereocenters. The summed E-state index contributed by atoms with van der Waals surface area (Å²) in [6.07, 6.45) is 4.52. The summed E-state index contributed by atoms with van der Waals surface area (Å²) in [6, 6.07) is 5.65. The second kappa shape index (κ2) is 8.19. The third-order valence-electron chi connectivity index (χ3n) is 5.45. The molecule has 6 heteroatoms. The van der Waals surface area contributed by atoms with Crippen LogP contribution >= 0.6 is 12.4 Å². The van der Waals surface area contributed by atoms with Gasteiger partial charge in [0, 0.05) is 23.7 Å². The van der Waals surface area contributed by atoms with Crippen LogP contribution < -0.4 is 16.0 Å². The molecule has 2 fully saturated rings. The number of halogens is 1. The fourth-order valence-corrected chi connectivity index (χ4v) is 3.76. The van der Waals surface area contributed by atoms with Crippen LogP contribution in [0.2, 0.25) is 0 Å². The Kier molecular flexibility index (Phi) is 6.47. The average Bonchev–Trinajstić information content (AvgIpc) is 3.25. The molecule has 5 nitrogen and oxygen atoms in total. The van der Waals surface area contributed by atoms with E-state index in [2.05, 4.69) is 16.0 Å². The lowest BCUT2D eigenvalue weighted by atomic mass is 9.91. The number of hydrogen-bond acceptors (Lipinski definition) is 3. The van der Waals surface area contributed by atoms with E-state index in [0.717, 1.165) is 55.7 Å². The van der Waals surface area contributed by atoms with Gasteiger partial charge in [-0.3, -0.25) is 9.59 Å². The molecule has 1 spiro atoms. The van der Waals surface area contributed by atoms with Crippen molar-refractivity contribution in [2.45, 2.75) is 46.0 Å². The van der Waals surface area contributed by atoms with E-state index in [9.17, 15) is 9.59 Å². The van der Waals surface area contributed by atoms with E-state index < -0.39 is 0 Å². The van der Waals surface area contributed by atoms with Gasteiger partial charge < -0.3 is 16.0 Å². The van der Waals surface area contributed by atoms with Gasteiger partial charge in [-0.05, 0) is 68.8 Å². The predicted octanol–water partition coefficient (Wildman–Crippen LogP) is 3.48. The maximum atomic E-state index is 12.6. The minimum absolute atomic E-state index is 0. The van der Waals surface area contributed by atoms with Gasteiger partial charge in [-0.25, -0.2) is 0 Å². The van der Waals surface area contributed by atoms with Crippen LogP contribution in [0.5, 0.6) is 0 Å². The van der Waals surface area contributed by atoms with Gasteiger partial charge in [0.15, 0.2) is 0 Å². The van der Waals surface area contributed by atoms with Crippen molar-refractivity contribution < 1.29 is 9.59 Å². The van der Waals surface area contributed by atoms with Crippen LogP contribution in [0.4, 0.5) is 11.4 Å². The van der Waals surface area contributed by atoms with Crippen molar-refractivity contribution in [3.8, 4) is 0 Å². The molecule has 1 aliphatic carbocycles. The number of benzene rings is 1. The molecule has 0 bridgehead atoms. The molecular weight excluding hydrogens is 338 g/mol. The van der Waals surface area contributed by atoms with Crippen molar-refractivity contribution in [3.05, 3.63) is 23.8 Å². The first-order chi connectivity index (χ1) is 11.6. The number of anilines is 2. The molecule has 3 N–H and O–H groups in total. The van der Waals surface area contributed by atoms with Crippen LogP contribution in [-0.4, -0.2) is 24.9 Å². The number of carbonyl (C=O) groups excluding carboxylic acids is 2. The lowest BCUT2D eigenvalue weighted by Crippen LogP contribution is -2.31. The molecular formula is C19H28ClN3O2. The van der Waals surface area contributed by atoms with E-state index in [-0.39, 0.29) is 35.6 Å². The Hall–Kier alpha value is -1.59. The highest BCUT2D eigenvalue weighted by atomic mass is 35.5. The van der Waals surface area contributed by atoms with Crippen molar-refractivity contribution in [2.75, 3.05) is 23.7 Å². The predicted molar refractivity (Wildman–Crippen MR) is 103 cm³/mol. The highest BCUT2D eigenvalue weighted by Crippen LogP contribution is 2.58. The molecule has 0 aromatic heterocycles. The maximum absolute atomic E-state index is 12.6. The van der Waals surface area contributed by atoms with Crippen LogP contribution in [-0.2, 0) is 9.59 Å². The first kappa shape index (κ1) is 19.7. The first-order valence-electron chi connectivity index (χ1n) is 8.97. The van der Waals surface area contributed by atoms with Crippen molar-refractivity contribution in [3.63, 3.8) is 0 Å². The van der Waals surface area contributed by atoms with E-state index >= 15 is 0 Å². The normalized spacial score (nSPS) is 20.5. The summed E-state index contributed by atoms with van der Waals surface area (Å²) in [6.45, 7) is 5.95. The molecule has 2 aliphatic rings. The molecule has 0 radical (unpaired) electrons. The van der Waals surface area contributed by atoms with Gasteiger partial charge in [0.25, 0.3) is 0 Å². The average molecular weight is 366 g/mol. The Morgan fingerprint density at radius 1 is 1.20 bits per heavy atom. The molecule has 1 heterocycles. The standard InChI is InChI=1S/C19H27N3O2.ClH/c1-3-5-17(23)21-15-6-4-7-16(13(15)2)22-18(24)14-12-19(14)8-10-20-11-9-19;/h4,6-7,14,20H,3,5,8-12H2,1-2H3,(H,21,23)(H,22,24);1H. The zero-order valence-corrected chi connectivity index (χ0v) is 15.8. The van der Waals surface area contributed by atoms with Gasteiger partial charge in [0.2, 0.25) is 11.8 Å². The second-order valence-electron chi connectivity index (χ2n) is 7.13. The van der Waals surface area contributed by atoms with Crippen molar-refractivity contribution in [2.24, 2.45) is 11.3 Å². The summed E-state index contributed by atoms with van der Waals surface area (Å²) in [5.74, 6) is 0.273. The number of carbonyl (C=O) groups is 2. The van der Waals surface area contributed by atoms with Gasteiger partial charge in [0.1, 0.15) is 0 Å². The highest BCUT2D eigenvalue weighted by Gasteiger charge is 2.57. The summed E-state index contributed by atoms with van der Waals surface area (Å²) in [5, 5.41) is 9.37. The van der Waals surface area contributed by atoms with E-state index in [1.807, 2.05) is 32.0 Å². The Labute approximate surface area is 155 Å². The first-order valence-corrected chi connectivity index (χ1v) is 8.97. The largest absolute Gasteiger partial charge is 0.326 e. The zero-order valence-electron chi connectivity index (χ0n) is 15.0. The number of hydrogen-bond donors (Lipinski definition) is 3. The maximum Gasteiger partial charge on any atom is 0.228 e. The highest BCUT2D eigenvalue weighted by molar-refractivity contribution is 5.98. The van der Waals surface area contributed by atoms with E-state index in [0.29, 0.717) is 6.42 Å². The van der Waals surface area contributed by atoms with Gasteiger partial charge in [0.05, 0.1) is 0 Å². The van der Waals surface area contributed by atoms with Crippen molar-refractivity contribution >= 4 is 35.6 Å². The monoisotopic (exact) mass is 365 g/mol. The summed E-state index contributed by atoms with van der Waals surface area (Å²) < 4.78 is 0. The van der Waals surface area contributed by atoms with Crippen LogP contribution in [0.1, 0.15) is 44.6 Å². The topological polar surface area (TPSA) is 70.2 Å². The quantitative estimate of drug-likeness (QED) is 0.748. The third kappa shape index (κ3) is 4.33. The number of rotatable bonds is 5. The van der Waals surface area contributed by atoms with Gasteiger partial charge in [-0.2, -0.15) is 0 Å². The summed E-state index contributed by atoms with van der Waals surface area (Å²) in [4.78, 5) is 24.4. The van der Waals surface area contributed by atoms with Gasteiger partial charge in [-0.1, -0.05) is 13.0 Å². The summed E-state index contributed by atoms with van der Waals surface area (Å²) in [7, 11) is 0. The summed E-state index contributed by atoms with van der Waals surface area (Å²) in [5.41, 5.74) is 2.72. The third-order valence-corrected chi connectivity index (χ3v) is 5.45. The molecule has 3 rings (SSSR count). The van der Waals surface area contributed by atoms with Gasteiger partial charge >= 0.3 is 0 Å². The molecule has 1 saturated heterocycles. The van der Waals surface area contributed by atoms with E-state index in [1.165, 1.54) is 0 Å². The second-order valence-corrected chi connectivity index (χ2v) is 7.13. The Balaban J connectivity index is 0.00000225.